The first-order valence-electron chi connectivity index (χ1n) is 9.14. The van der Waals surface area contributed by atoms with E-state index >= 15 is 0 Å². The molecule has 8 heteroatoms. The van der Waals surface area contributed by atoms with E-state index in [9.17, 15) is 14.4 Å². The summed E-state index contributed by atoms with van der Waals surface area (Å²) >= 11 is 0. The summed E-state index contributed by atoms with van der Waals surface area (Å²) in [6.07, 6.45) is -0.716. The van der Waals surface area contributed by atoms with Gasteiger partial charge in [0.25, 0.3) is 0 Å². The molecule has 0 bridgehead atoms. The first kappa shape index (κ1) is 21.7. The van der Waals surface area contributed by atoms with Crippen molar-refractivity contribution < 1.29 is 23.9 Å². The molecule has 0 spiro atoms. The Morgan fingerprint density at radius 2 is 1.69 bits per heavy atom. The van der Waals surface area contributed by atoms with E-state index in [1.807, 2.05) is 42.5 Å². The highest BCUT2D eigenvalue weighted by atomic mass is 16.5. The monoisotopic (exact) mass is 399 g/mol. The number of methoxy groups -OCH3 is 1. The second-order valence-corrected chi connectivity index (χ2v) is 6.33. The van der Waals surface area contributed by atoms with Crippen LogP contribution >= 0.6 is 0 Å². The van der Waals surface area contributed by atoms with Crippen LogP contribution in [0.2, 0.25) is 0 Å². The largest absolute Gasteiger partial charge is 0.497 e. The van der Waals surface area contributed by atoms with Crippen LogP contribution in [0.4, 0.5) is 4.79 Å². The molecule has 2 aromatic rings. The first-order valence-corrected chi connectivity index (χ1v) is 9.14. The van der Waals surface area contributed by atoms with Crippen molar-refractivity contribution in [2.75, 3.05) is 7.11 Å². The fourth-order valence-corrected chi connectivity index (χ4v) is 2.52. The average Bonchev–Trinajstić information content (AvgIpc) is 2.74. The number of primary amides is 1. The van der Waals surface area contributed by atoms with E-state index < -0.39 is 23.9 Å². The number of amides is 3. The lowest BCUT2D eigenvalue weighted by Crippen LogP contribution is -2.47. The maximum atomic E-state index is 12.5. The molecule has 1 atom stereocenters. The first-order chi connectivity index (χ1) is 14.0. The lowest BCUT2D eigenvalue weighted by molar-refractivity contribution is -0.123. The van der Waals surface area contributed by atoms with Crippen molar-refractivity contribution in [3.05, 3.63) is 65.7 Å². The molecule has 3 amide bonds. The minimum absolute atomic E-state index is 0.0421. The van der Waals surface area contributed by atoms with Gasteiger partial charge < -0.3 is 25.8 Å². The molecule has 29 heavy (non-hydrogen) atoms. The van der Waals surface area contributed by atoms with E-state index in [-0.39, 0.29) is 26.0 Å². The number of ether oxygens (including phenoxy) is 2. The van der Waals surface area contributed by atoms with Crippen LogP contribution in [0.15, 0.2) is 54.6 Å². The van der Waals surface area contributed by atoms with Gasteiger partial charge in [-0.15, -0.1) is 0 Å². The third-order valence-corrected chi connectivity index (χ3v) is 4.13. The lowest BCUT2D eigenvalue weighted by Gasteiger charge is -2.18. The van der Waals surface area contributed by atoms with Crippen molar-refractivity contribution in [2.45, 2.75) is 32.0 Å². The van der Waals surface area contributed by atoms with Crippen molar-refractivity contribution >= 4 is 17.9 Å². The Hall–Kier alpha value is -3.55. The third kappa shape index (κ3) is 7.92. The summed E-state index contributed by atoms with van der Waals surface area (Å²) < 4.78 is 10.2. The summed E-state index contributed by atoms with van der Waals surface area (Å²) in [5, 5.41) is 5.23. The highest BCUT2D eigenvalue weighted by Gasteiger charge is 2.22. The molecule has 0 saturated heterocycles. The molecule has 0 saturated carbocycles. The number of hydrogen-bond donors (Lipinski definition) is 3. The third-order valence-electron chi connectivity index (χ3n) is 4.13. The minimum atomic E-state index is -0.941. The van der Waals surface area contributed by atoms with E-state index in [1.165, 1.54) is 0 Å². The second-order valence-electron chi connectivity index (χ2n) is 6.33. The Morgan fingerprint density at radius 3 is 2.31 bits per heavy atom. The standard InChI is InChI=1S/C21H25N3O5/c1-28-17-9-7-15(8-10-17)13-23-20(26)18(11-12-19(22)25)24-21(27)29-14-16-5-3-2-4-6-16/h2-10,18H,11-14H2,1H3,(H2,22,25)(H,23,26)(H,24,27)/t18-/m0/s1. The zero-order valence-electron chi connectivity index (χ0n) is 16.2. The average molecular weight is 399 g/mol. The smallest absolute Gasteiger partial charge is 0.408 e. The zero-order valence-corrected chi connectivity index (χ0v) is 16.2. The van der Waals surface area contributed by atoms with Gasteiger partial charge in [-0.05, 0) is 29.7 Å². The number of benzene rings is 2. The SMILES string of the molecule is COc1ccc(CNC(=O)[C@H](CCC(N)=O)NC(=O)OCc2ccccc2)cc1. The maximum Gasteiger partial charge on any atom is 0.408 e. The van der Waals surface area contributed by atoms with Gasteiger partial charge in [0.05, 0.1) is 7.11 Å². The summed E-state index contributed by atoms with van der Waals surface area (Å²) in [5.74, 6) is -0.279. The van der Waals surface area contributed by atoms with Gasteiger partial charge in [-0.2, -0.15) is 0 Å². The van der Waals surface area contributed by atoms with Gasteiger partial charge in [0.15, 0.2) is 0 Å². The van der Waals surface area contributed by atoms with Gasteiger partial charge in [-0.1, -0.05) is 42.5 Å². The Kier molecular flexibility index (Phi) is 8.50. The second kappa shape index (κ2) is 11.3. The predicted molar refractivity (Wildman–Crippen MR) is 107 cm³/mol. The molecular weight excluding hydrogens is 374 g/mol. The van der Waals surface area contributed by atoms with Crippen molar-refractivity contribution in [1.82, 2.24) is 10.6 Å². The minimum Gasteiger partial charge on any atom is -0.497 e. The number of alkyl carbamates (subject to hydrolysis) is 1. The highest BCUT2D eigenvalue weighted by Crippen LogP contribution is 2.11. The number of nitrogens with one attached hydrogen (secondary N) is 2. The molecule has 0 aromatic heterocycles. The molecule has 4 N–H and O–H groups in total. The Labute approximate surface area is 169 Å². The van der Waals surface area contributed by atoms with Crippen LogP contribution in [-0.4, -0.2) is 31.1 Å². The van der Waals surface area contributed by atoms with E-state index in [1.54, 1.807) is 19.2 Å². The molecule has 0 aliphatic carbocycles. The maximum absolute atomic E-state index is 12.5. The van der Waals surface area contributed by atoms with Crippen molar-refractivity contribution in [1.29, 1.82) is 0 Å². The normalized spacial score (nSPS) is 11.2. The fourth-order valence-electron chi connectivity index (χ4n) is 2.52. The molecule has 154 valence electrons. The zero-order chi connectivity index (χ0) is 21.1. The van der Waals surface area contributed by atoms with Gasteiger partial charge in [0, 0.05) is 13.0 Å². The number of rotatable bonds is 10. The Bertz CT molecular complexity index is 809. The molecule has 0 heterocycles. The van der Waals surface area contributed by atoms with E-state index in [2.05, 4.69) is 10.6 Å². The quantitative estimate of drug-likeness (QED) is 0.563. The highest BCUT2D eigenvalue weighted by molar-refractivity contribution is 5.86. The van der Waals surface area contributed by atoms with Crippen molar-refractivity contribution in [3.63, 3.8) is 0 Å². The summed E-state index contributed by atoms with van der Waals surface area (Å²) in [6.45, 7) is 0.333. The number of carbonyl (C=O) groups is 3. The summed E-state index contributed by atoms with van der Waals surface area (Å²) in [4.78, 5) is 35.7. The van der Waals surface area contributed by atoms with Crippen LogP contribution in [0, 0.1) is 0 Å². The number of hydrogen-bond acceptors (Lipinski definition) is 5. The van der Waals surface area contributed by atoms with Crippen LogP contribution in [0.25, 0.3) is 0 Å². The number of carbonyl (C=O) groups excluding carboxylic acids is 3. The van der Waals surface area contributed by atoms with Gasteiger partial charge in [-0.25, -0.2) is 4.79 Å². The van der Waals surface area contributed by atoms with Crippen molar-refractivity contribution in [3.8, 4) is 5.75 Å². The summed E-state index contributed by atoms with van der Waals surface area (Å²) in [6, 6.07) is 15.4. The predicted octanol–water partition coefficient (Wildman–Crippen LogP) is 1.87. The van der Waals surface area contributed by atoms with Gasteiger partial charge in [0.1, 0.15) is 18.4 Å². The molecule has 0 aliphatic rings. The molecule has 2 rings (SSSR count). The Balaban J connectivity index is 1.89. The molecule has 2 aromatic carbocycles. The summed E-state index contributed by atoms with van der Waals surface area (Å²) in [7, 11) is 1.57. The van der Waals surface area contributed by atoms with Crippen LogP contribution < -0.4 is 21.1 Å². The molecule has 0 radical (unpaired) electrons. The van der Waals surface area contributed by atoms with E-state index in [0.717, 1.165) is 11.1 Å². The molecular formula is C21H25N3O5. The molecule has 0 fully saturated rings. The summed E-state index contributed by atoms with van der Waals surface area (Å²) in [5.41, 5.74) is 6.85. The molecule has 0 aliphatic heterocycles. The van der Waals surface area contributed by atoms with Crippen LogP contribution in [0.5, 0.6) is 5.75 Å². The van der Waals surface area contributed by atoms with E-state index in [4.69, 9.17) is 15.2 Å². The van der Waals surface area contributed by atoms with Gasteiger partial charge in [0.2, 0.25) is 11.8 Å². The van der Waals surface area contributed by atoms with Gasteiger partial charge >= 0.3 is 6.09 Å². The van der Waals surface area contributed by atoms with E-state index in [0.29, 0.717) is 5.75 Å². The fraction of sp³-hybridized carbons (Fsp3) is 0.286. The topological polar surface area (TPSA) is 120 Å². The molecule has 0 unspecified atom stereocenters. The van der Waals surface area contributed by atoms with Crippen LogP contribution in [0.1, 0.15) is 24.0 Å². The van der Waals surface area contributed by atoms with Crippen molar-refractivity contribution in [2.24, 2.45) is 5.73 Å². The Morgan fingerprint density at radius 1 is 1.00 bits per heavy atom. The molecule has 8 nitrogen and oxygen atoms in total. The van der Waals surface area contributed by atoms with Crippen LogP contribution in [-0.2, 0) is 27.5 Å². The lowest BCUT2D eigenvalue weighted by atomic mass is 10.1. The number of nitrogens with two attached hydrogens (primary N) is 1. The van der Waals surface area contributed by atoms with Gasteiger partial charge in [-0.3, -0.25) is 9.59 Å². The van der Waals surface area contributed by atoms with Crippen LogP contribution in [0.3, 0.4) is 0 Å².